The molecule has 1 aliphatic rings. The fraction of sp³-hybridized carbons (Fsp3) is 0.417. The highest BCUT2D eigenvalue weighted by atomic mass is 19.4. The summed E-state index contributed by atoms with van der Waals surface area (Å²) in [4.78, 5) is 10.9. The summed E-state index contributed by atoms with van der Waals surface area (Å²) in [7, 11) is 0. The van der Waals surface area contributed by atoms with Crippen molar-refractivity contribution in [2.75, 3.05) is 5.32 Å². The molecule has 0 radical (unpaired) electrons. The van der Waals surface area contributed by atoms with E-state index in [0.29, 0.717) is 18.4 Å². The number of aryl methyl sites for hydroxylation is 1. The number of aliphatic hydroxyl groups is 1. The SMILES string of the molecule is O=C(Nc1cccc2c1CC(O)CC2)C(F)(F)F. The molecule has 0 saturated heterocycles. The molecular weight excluding hydrogens is 247 g/mol. The molecular formula is C12H12F3NO2. The van der Waals surface area contributed by atoms with Gasteiger partial charge in [0.25, 0.3) is 0 Å². The van der Waals surface area contributed by atoms with Gasteiger partial charge in [0.05, 0.1) is 6.10 Å². The van der Waals surface area contributed by atoms with E-state index in [-0.39, 0.29) is 12.1 Å². The number of rotatable bonds is 1. The third-order valence-electron chi connectivity index (χ3n) is 2.97. The first-order chi connectivity index (χ1) is 8.38. The molecule has 0 bridgehead atoms. The Kier molecular flexibility index (Phi) is 3.30. The number of carbonyl (C=O) groups is 1. The van der Waals surface area contributed by atoms with Crippen LogP contribution in [0.25, 0.3) is 0 Å². The van der Waals surface area contributed by atoms with E-state index < -0.39 is 18.2 Å². The van der Waals surface area contributed by atoms with E-state index in [9.17, 15) is 23.1 Å². The maximum absolute atomic E-state index is 12.2. The van der Waals surface area contributed by atoms with Crippen LogP contribution in [0.1, 0.15) is 17.5 Å². The molecule has 98 valence electrons. The molecule has 0 spiro atoms. The molecule has 2 rings (SSSR count). The van der Waals surface area contributed by atoms with Gasteiger partial charge in [-0.15, -0.1) is 0 Å². The zero-order valence-electron chi connectivity index (χ0n) is 9.42. The van der Waals surface area contributed by atoms with Gasteiger partial charge in [-0.1, -0.05) is 12.1 Å². The van der Waals surface area contributed by atoms with Gasteiger partial charge in [0.2, 0.25) is 0 Å². The van der Waals surface area contributed by atoms with E-state index in [1.165, 1.54) is 6.07 Å². The number of fused-ring (bicyclic) bond motifs is 1. The number of carbonyl (C=O) groups excluding carboxylic acids is 1. The minimum absolute atomic E-state index is 0.133. The molecule has 3 nitrogen and oxygen atoms in total. The van der Waals surface area contributed by atoms with Crippen molar-refractivity contribution >= 4 is 11.6 Å². The average Bonchev–Trinajstić information content (AvgIpc) is 2.28. The molecule has 2 N–H and O–H groups in total. The smallest absolute Gasteiger partial charge is 0.393 e. The van der Waals surface area contributed by atoms with E-state index in [4.69, 9.17) is 0 Å². The van der Waals surface area contributed by atoms with Gasteiger partial charge in [-0.25, -0.2) is 0 Å². The first-order valence-corrected chi connectivity index (χ1v) is 5.55. The van der Waals surface area contributed by atoms with E-state index in [0.717, 1.165) is 5.56 Å². The lowest BCUT2D eigenvalue weighted by Crippen LogP contribution is -2.31. The molecule has 1 amide bonds. The average molecular weight is 259 g/mol. The highest BCUT2D eigenvalue weighted by Crippen LogP contribution is 2.29. The fourth-order valence-electron chi connectivity index (χ4n) is 2.08. The summed E-state index contributed by atoms with van der Waals surface area (Å²) < 4.78 is 36.5. The van der Waals surface area contributed by atoms with Crippen LogP contribution in [-0.2, 0) is 17.6 Å². The fourth-order valence-corrected chi connectivity index (χ4v) is 2.08. The summed E-state index contributed by atoms with van der Waals surface area (Å²) in [6.07, 6.45) is -4.02. The second-order valence-electron chi connectivity index (χ2n) is 4.29. The first-order valence-electron chi connectivity index (χ1n) is 5.55. The minimum atomic E-state index is -4.91. The van der Waals surface area contributed by atoms with Gasteiger partial charge in [-0.05, 0) is 30.0 Å². The molecule has 1 aromatic carbocycles. The third-order valence-corrected chi connectivity index (χ3v) is 2.97. The molecule has 1 aromatic rings. The predicted octanol–water partition coefficient (Wildman–Crippen LogP) is 2.04. The standard InChI is InChI=1S/C12H12F3NO2/c13-12(14,15)11(18)16-10-3-1-2-7-4-5-8(17)6-9(7)10/h1-3,8,17H,4-6H2,(H,16,18). The Balaban J connectivity index is 2.27. The van der Waals surface area contributed by atoms with Crippen molar-refractivity contribution < 1.29 is 23.1 Å². The van der Waals surface area contributed by atoms with Crippen LogP contribution >= 0.6 is 0 Å². The zero-order chi connectivity index (χ0) is 13.3. The lowest BCUT2D eigenvalue weighted by atomic mass is 9.88. The molecule has 1 atom stereocenters. The van der Waals surface area contributed by atoms with Gasteiger partial charge in [-0.3, -0.25) is 4.79 Å². The number of hydrogen-bond donors (Lipinski definition) is 2. The number of hydrogen-bond acceptors (Lipinski definition) is 2. The number of alkyl halides is 3. The number of halogens is 3. The van der Waals surface area contributed by atoms with Crippen LogP contribution in [0.15, 0.2) is 18.2 Å². The highest BCUT2D eigenvalue weighted by Gasteiger charge is 2.39. The zero-order valence-corrected chi connectivity index (χ0v) is 9.42. The summed E-state index contributed by atoms with van der Waals surface area (Å²) in [5, 5.41) is 11.4. The molecule has 1 aliphatic carbocycles. The topological polar surface area (TPSA) is 49.3 Å². The Morgan fingerprint density at radius 3 is 2.78 bits per heavy atom. The largest absolute Gasteiger partial charge is 0.471 e. The van der Waals surface area contributed by atoms with Gasteiger partial charge in [-0.2, -0.15) is 13.2 Å². The lowest BCUT2D eigenvalue weighted by Gasteiger charge is -2.23. The summed E-state index contributed by atoms with van der Waals surface area (Å²) in [5.74, 6) is -1.99. The highest BCUT2D eigenvalue weighted by molar-refractivity contribution is 5.95. The van der Waals surface area contributed by atoms with Gasteiger partial charge in [0.15, 0.2) is 0 Å². The molecule has 0 heterocycles. The third kappa shape index (κ3) is 2.64. The Bertz CT molecular complexity index is 471. The van der Waals surface area contributed by atoms with Crippen LogP contribution in [0.5, 0.6) is 0 Å². The van der Waals surface area contributed by atoms with Crippen LogP contribution in [0.3, 0.4) is 0 Å². The van der Waals surface area contributed by atoms with Crippen molar-refractivity contribution in [3.8, 4) is 0 Å². The van der Waals surface area contributed by atoms with Gasteiger partial charge in [0.1, 0.15) is 0 Å². The quantitative estimate of drug-likeness (QED) is 0.810. The second kappa shape index (κ2) is 4.61. The Morgan fingerprint density at radius 1 is 1.39 bits per heavy atom. The van der Waals surface area contributed by atoms with Crippen LogP contribution in [0, 0.1) is 0 Å². The predicted molar refractivity (Wildman–Crippen MR) is 59.2 cm³/mol. The van der Waals surface area contributed by atoms with Crippen LogP contribution in [-0.4, -0.2) is 23.3 Å². The summed E-state index contributed by atoms with van der Waals surface area (Å²) in [6.45, 7) is 0. The summed E-state index contributed by atoms with van der Waals surface area (Å²) in [5.41, 5.74) is 1.60. The van der Waals surface area contributed by atoms with Crippen molar-refractivity contribution in [1.82, 2.24) is 0 Å². The second-order valence-corrected chi connectivity index (χ2v) is 4.29. The maximum Gasteiger partial charge on any atom is 0.471 e. The first kappa shape index (κ1) is 12.9. The molecule has 0 saturated carbocycles. The number of aliphatic hydroxyl groups excluding tert-OH is 1. The van der Waals surface area contributed by atoms with Crippen molar-refractivity contribution in [2.24, 2.45) is 0 Å². The maximum atomic E-state index is 12.2. The molecule has 0 aromatic heterocycles. The molecule has 1 unspecified atom stereocenters. The van der Waals surface area contributed by atoms with Crippen molar-refractivity contribution in [3.63, 3.8) is 0 Å². The molecule has 18 heavy (non-hydrogen) atoms. The van der Waals surface area contributed by atoms with Gasteiger partial charge < -0.3 is 10.4 Å². The normalized spacial score (nSPS) is 19.2. The molecule has 0 fully saturated rings. The lowest BCUT2D eigenvalue weighted by molar-refractivity contribution is -0.167. The van der Waals surface area contributed by atoms with E-state index in [1.807, 2.05) is 5.32 Å². The number of amides is 1. The number of benzene rings is 1. The van der Waals surface area contributed by atoms with Crippen LogP contribution in [0.4, 0.5) is 18.9 Å². The molecule has 0 aliphatic heterocycles. The van der Waals surface area contributed by atoms with Crippen molar-refractivity contribution in [2.45, 2.75) is 31.5 Å². The van der Waals surface area contributed by atoms with E-state index in [1.54, 1.807) is 12.1 Å². The Hall–Kier alpha value is -1.56. The Labute approximate surface area is 102 Å². The van der Waals surface area contributed by atoms with E-state index in [2.05, 4.69) is 0 Å². The number of nitrogens with one attached hydrogen (secondary N) is 1. The summed E-state index contributed by atoms with van der Waals surface area (Å²) >= 11 is 0. The van der Waals surface area contributed by atoms with E-state index >= 15 is 0 Å². The van der Waals surface area contributed by atoms with Crippen molar-refractivity contribution in [1.29, 1.82) is 0 Å². The Morgan fingerprint density at radius 2 is 2.11 bits per heavy atom. The van der Waals surface area contributed by atoms with Gasteiger partial charge in [0, 0.05) is 12.1 Å². The van der Waals surface area contributed by atoms with Gasteiger partial charge >= 0.3 is 12.1 Å². The molecule has 6 heteroatoms. The summed E-state index contributed by atoms with van der Waals surface area (Å²) in [6, 6.07) is 4.81. The van der Waals surface area contributed by atoms with Crippen LogP contribution in [0.2, 0.25) is 0 Å². The minimum Gasteiger partial charge on any atom is -0.393 e. The number of anilines is 1. The van der Waals surface area contributed by atoms with Crippen LogP contribution < -0.4 is 5.32 Å². The monoisotopic (exact) mass is 259 g/mol. The van der Waals surface area contributed by atoms with Crippen molar-refractivity contribution in [3.05, 3.63) is 29.3 Å².